The van der Waals surface area contributed by atoms with E-state index in [9.17, 15) is 4.79 Å². The average Bonchev–Trinajstić information content (AvgIpc) is 2.31. The maximum absolute atomic E-state index is 11.6. The number of carbonyl (C=O) groups excluding carboxylic acids is 1. The molecular weight excluding hydrogens is 240 g/mol. The second-order valence-electron chi connectivity index (χ2n) is 3.65. The van der Waals surface area contributed by atoms with Crippen molar-refractivity contribution in [2.24, 2.45) is 0 Å². The Hall–Kier alpha value is -1.10. The van der Waals surface area contributed by atoms with Crippen LogP contribution >= 0.6 is 11.6 Å². The van der Waals surface area contributed by atoms with Crippen molar-refractivity contribution in [1.29, 1.82) is 0 Å². The Kier molecular flexibility index (Phi) is 5.97. The van der Waals surface area contributed by atoms with Crippen LogP contribution < -0.4 is 10.6 Å². The third-order valence-electron chi connectivity index (χ3n) is 2.23. The number of ether oxygens (including phenoxy) is 1. The van der Waals surface area contributed by atoms with Gasteiger partial charge in [-0.3, -0.25) is 4.79 Å². The van der Waals surface area contributed by atoms with Crippen molar-refractivity contribution in [2.45, 2.75) is 6.92 Å². The lowest BCUT2D eigenvalue weighted by molar-refractivity contribution is -0.115. The third-order valence-corrected chi connectivity index (χ3v) is 2.74. The normalized spacial score (nSPS) is 10.3. The van der Waals surface area contributed by atoms with Crippen LogP contribution in [0.1, 0.15) is 5.56 Å². The molecular formula is C12H17ClN2O2. The lowest BCUT2D eigenvalue weighted by Gasteiger charge is -2.09. The van der Waals surface area contributed by atoms with Gasteiger partial charge in [0, 0.05) is 13.7 Å². The first-order valence-corrected chi connectivity index (χ1v) is 5.77. The lowest BCUT2D eigenvalue weighted by atomic mass is 10.2. The van der Waals surface area contributed by atoms with E-state index < -0.39 is 0 Å². The maximum atomic E-state index is 11.6. The first-order chi connectivity index (χ1) is 8.15. The van der Waals surface area contributed by atoms with Crippen molar-refractivity contribution in [3.8, 4) is 0 Å². The van der Waals surface area contributed by atoms with Gasteiger partial charge in [0.1, 0.15) is 0 Å². The number of aryl methyl sites for hydroxylation is 1. The highest BCUT2D eigenvalue weighted by molar-refractivity contribution is 6.34. The minimum atomic E-state index is -0.117. The van der Waals surface area contributed by atoms with Gasteiger partial charge in [0.15, 0.2) is 0 Å². The largest absolute Gasteiger partial charge is 0.383 e. The minimum Gasteiger partial charge on any atom is -0.383 e. The summed E-state index contributed by atoms with van der Waals surface area (Å²) >= 11 is 6.07. The summed E-state index contributed by atoms with van der Waals surface area (Å²) in [5.41, 5.74) is 1.59. The van der Waals surface area contributed by atoms with Crippen molar-refractivity contribution >= 4 is 23.2 Å². The van der Waals surface area contributed by atoms with Gasteiger partial charge in [-0.05, 0) is 18.6 Å². The molecule has 0 aliphatic heterocycles. The molecule has 0 aromatic heterocycles. The van der Waals surface area contributed by atoms with Crippen molar-refractivity contribution in [1.82, 2.24) is 5.32 Å². The van der Waals surface area contributed by atoms with Crippen LogP contribution in [0.2, 0.25) is 5.02 Å². The lowest BCUT2D eigenvalue weighted by Crippen LogP contribution is -2.30. The molecule has 1 aromatic rings. The van der Waals surface area contributed by atoms with Crippen molar-refractivity contribution in [3.05, 3.63) is 28.8 Å². The van der Waals surface area contributed by atoms with Crippen LogP contribution in [-0.2, 0) is 9.53 Å². The van der Waals surface area contributed by atoms with E-state index in [4.69, 9.17) is 16.3 Å². The van der Waals surface area contributed by atoms with E-state index in [1.54, 1.807) is 13.2 Å². The predicted molar refractivity (Wildman–Crippen MR) is 69.6 cm³/mol. The molecule has 17 heavy (non-hydrogen) atoms. The molecule has 5 heteroatoms. The monoisotopic (exact) mass is 256 g/mol. The van der Waals surface area contributed by atoms with E-state index in [2.05, 4.69) is 10.6 Å². The number of methoxy groups -OCH3 is 1. The van der Waals surface area contributed by atoms with E-state index >= 15 is 0 Å². The zero-order valence-corrected chi connectivity index (χ0v) is 10.8. The van der Waals surface area contributed by atoms with Gasteiger partial charge in [-0.2, -0.15) is 0 Å². The molecule has 0 heterocycles. The highest BCUT2D eigenvalue weighted by Gasteiger charge is 2.06. The van der Waals surface area contributed by atoms with Crippen LogP contribution in [0, 0.1) is 6.92 Å². The molecule has 1 aromatic carbocycles. The summed E-state index contributed by atoms with van der Waals surface area (Å²) in [7, 11) is 1.62. The standard InChI is InChI=1S/C12H17ClN2O2/c1-9-4-3-5-10(12(9)13)15-11(16)8-14-6-7-17-2/h3-5,14H,6-8H2,1-2H3,(H,15,16). The molecule has 0 unspecified atom stereocenters. The number of halogens is 1. The second-order valence-corrected chi connectivity index (χ2v) is 4.03. The first kappa shape index (κ1) is 14.0. The fourth-order valence-electron chi connectivity index (χ4n) is 1.31. The summed E-state index contributed by atoms with van der Waals surface area (Å²) in [6.07, 6.45) is 0. The average molecular weight is 257 g/mol. The number of nitrogens with one attached hydrogen (secondary N) is 2. The van der Waals surface area contributed by atoms with Crippen LogP contribution in [0.3, 0.4) is 0 Å². The van der Waals surface area contributed by atoms with Crippen LogP contribution in [0.5, 0.6) is 0 Å². The summed E-state index contributed by atoms with van der Waals surface area (Å²) in [6.45, 7) is 3.37. The molecule has 0 atom stereocenters. The molecule has 0 saturated heterocycles. The molecule has 0 aliphatic rings. The van der Waals surface area contributed by atoms with E-state index in [0.717, 1.165) is 5.56 Å². The van der Waals surface area contributed by atoms with E-state index in [1.165, 1.54) is 0 Å². The van der Waals surface area contributed by atoms with Gasteiger partial charge in [0.2, 0.25) is 5.91 Å². The fourth-order valence-corrected chi connectivity index (χ4v) is 1.49. The third kappa shape index (κ3) is 4.73. The molecule has 0 bridgehead atoms. The van der Waals surface area contributed by atoms with Gasteiger partial charge in [0.25, 0.3) is 0 Å². The number of anilines is 1. The molecule has 1 amide bonds. The van der Waals surface area contributed by atoms with Crippen LogP contribution in [0.15, 0.2) is 18.2 Å². The van der Waals surface area contributed by atoms with Crippen molar-refractivity contribution < 1.29 is 9.53 Å². The Morgan fingerprint density at radius 1 is 1.47 bits per heavy atom. The number of hydrogen-bond acceptors (Lipinski definition) is 3. The zero-order valence-electron chi connectivity index (χ0n) is 10.0. The molecule has 0 radical (unpaired) electrons. The smallest absolute Gasteiger partial charge is 0.238 e. The van der Waals surface area contributed by atoms with Gasteiger partial charge < -0.3 is 15.4 Å². The Balaban J connectivity index is 2.43. The van der Waals surface area contributed by atoms with E-state index in [-0.39, 0.29) is 12.5 Å². The van der Waals surface area contributed by atoms with Gasteiger partial charge in [-0.25, -0.2) is 0 Å². The zero-order chi connectivity index (χ0) is 12.7. The van der Waals surface area contributed by atoms with Gasteiger partial charge in [-0.15, -0.1) is 0 Å². The Labute approximate surface area is 106 Å². The van der Waals surface area contributed by atoms with Gasteiger partial charge in [0.05, 0.1) is 23.9 Å². The fraction of sp³-hybridized carbons (Fsp3) is 0.417. The Morgan fingerprint density at radius 2 is 2.24 bits per heavy atom. The SMILES string of the molecule is COCCNCC(=O)Nc1cccc(C)c1Cl. The van der Waals surface area contributed by atoms with Crippen LogP contribution in [0.25, 0.3) is 0 Å². The van der Waals surface area contributed by atoms with Crippen molar-refractivity contribution in [2.75, 3.05) is 32.1 Å². The summed E-state index contributed by atoms with van der Waals surface area (Å²) in [4.78, 5) is 11.6. The first-order valence-electron chi connectivity index (χ1n) is 5.39. The highest BCUT2D eigenvalue weighted by Crippen LogP contribution is 2.24. The molecule has 0 spiro atoms. The molecule has 1 rings (SSSR count). The van der Waals surface area contributed by atoms with Crippen LogP contribution in [-0.4, -0.2) is 32.7 Å². The Bertz CT molecular complexity index is 383. The number of carbonyl (C=O) groups is 1. The topological polar surface area (TPSA) is 50.4 Å². The summed E-state index contributed by atoms with van der Waals surface area (Å²) in [6, 6.07) is 5.53. The van der Waals surface area contributed by atoms with Gasteiger partial charge in [-0.1, -0.05) is 23.7 Å². The van der Waals surface area contributed by atoms with Gasteiger partial charge >= 0.3 is 0 Å². The summed E-state index contributed by atoms with van der Waals surface area (Å²) in [5, 5.41) is 6.30. The molecule has 94 valence electrons. The number of rotatable bonds is 6. The summed E-state index contributed by atoms with van der Waals surface area (Å²) in [5.74, 6) is -0.117. The highest BCUT2D eigenvalue weighted by atomic mass is 35.5. The minimum absolute atomic E-state index is 0.117. The maximum Gasteiger partial charge on any atom is 0.238 e. The van der Waals surface area contributed by atoms with Crippen molar-refractivity contribution in [3.63, 3.8) is 0 Å². The van der Waals surface area contributed by atoms with E-state index in [0.29, 0.717) is 23.9 Å². The molecule has 4 nitrogen and oxygen atoms in total. The second kappa shape index (κ2) is 7.27. The predicted octanol–water partition coefficient (Wildman–Crippen LogP) is 1.82. The molecule has 2 N–H and O–H groups in total. The number of hydrogen-bond donors (Lipinski definition) is 2. The quantitative estimate of drug-likeness (QED) is 0.764. The molecule has 0 saturated carbocycles. The Morgan fingerprint density at radius 3 is 2.94 bits per heavy atom. The van der Waals surface area contributed by atoms with E-state index in [1.807, 2.05) is 19.1 Å². The number of amides is 1. The number of benzene rings is 1. The van der Waals surface area contributed by atoms with Crippen LogP contribution in [0.4, 0.5) is 5.69 Å². The summed E-state index contributed by atoms with van der Waals surface area (Å²) < 4.78 is 4.86. The molecule has 0 fully saturated rings. The molecule has 0 aliphatic carbocycles.